The van der Waals surface area contributed by atoms with E-state index < -0.39 is 23.6 Å². The van der Waals surface area contributed by atoms with Gasteiger partial charge >= 0.3 is 6.18 Å². The lowest BCUT2D eigenvalue weighted by Crippen LogP contribution is -2.13. The van der Waals surface area contributed by atoms with Gasteiger partial charge in [0, 0.05) is 6.04 Å². The zero-order chi connectivity index (χ0) is 11.6. The van der Waals surface area contributed by atoms with Gasteiger partial charge in [-0.25, -0.2) is 4.39 Å². The number of alkyl halides is 3. The van der Waals surface area contributed by atoms with E-state index in [1.165, 1.54) is 6.07 Å². The minimum Gasteiger partial charge on any atom is -0.324 e. The van der Waals surface area contributed by atoms with Gasteiger partial charge in [-0.05, 0) is 24.1 Å². The number of benzene rings is 1. The van der Waals surface area contributed by atoms with Gasteiger partial charge in [-0.2, -0.15) is 13.2 Å². The number of halogens is 5. The van der Waals surface area contributed by atoms with Crippen molar-refractivity contribution < 1.29 is 17.6 Å². The molecule has 16 heavy (non-hydrogen) atoms. The summed E-state index contributed by atoms with van der Waals surface area (Å²) in [4.78, 5) is 0. The minimum absolute atomic E-state index is 0. The molecule has 1 nitrogen and oxygen atoms in total. The quantitative estimate of drug-likeness (QED) is 0.804. The van der Waals surface area contributed by atoms with Crippen LogP contribution in [0.4, 0.5) is 17.6 Å². The highest BCUT2D eigenvalue weighted by molar-refractivity contribution is 5.85. The van der Waals surface area contributed by atoms with Gasteiger partial charge in [-0.3, -0.25) is 0 Å². The summed E-state index contributed by atoms with van der Waals surface area (Å²) >= 11 is 0. The van der Waals surface area contributed by atoms with Crippen LogP contribution >= 0.6 is 12.4 Å². The predicted molar refractivity (Wildman–Crippen MR) is 55.9 cm³/mol. The van der Waals surface area contributed by atoms with Crippen LogP contribution in [0.15, 0.2) is 18.2 Å². The first-order valence-corrected chi connectivity index (χ1v) is 4.48. The first-order valence-electron chi connectivity index (χ1n) is 4.48. The van der Waals surface area contributed by atoms with E-state index in [1.807, 2.05) is 0 Å². The highest BCUT2D eigenvalue weighted by Gasteiger charge is 2.34. The number of rotatable bonds is 2. The Morgan fingerprint density at radius 2 is 1.88 bits per heavy atom. The summed E-state index contributed by atoms with van der Waals surface area (Å²) in [6.07, 6.45) is -4.17. The fraction of sp³-hybridized carbons (Fsp3) is 0.400. The van der Waals surface area contributed by atoms with Gasteiger partial charge in [0.25, 0.3) is 0 Å². The van der Waals surface area contributed by atoms with E-state index in [-0.39, 0.29) is 12.4 Å². The molecule has 2 N–H and O–H groups in total. The summed E-state index contributed by atoms with van der Waals surface area (Å²) in [5.41, 5.74) is 4.60. The third-order valence-electron chi connectivity index (χ3n) is 2.16. The van der Waals surface area contributed by atoms with E-state index in [2.05, 4.69) is 0 Å². The van der Waals surface area contributed by atoms with E-state index in [1.54, 1.807) is 6.92 Å². The van der Waals surface area contributed by atoms with Crippen LogP contribution in [0.1, 0.15) is 30.5 Å². The molecule has 0 fully saturated rings. The van der Waals surface area contributed by atoms with E-state index >= 15 is 0 Å². The van der Waals surface area contributed by atoms with Gasteiger partial charge in [-0.15, -0.1) is 12.4 Å². The van der Waals surface area contributed by atoms with Gasteiger partial charge in [0.1, 0.15) is 5.82 Å². The average Bonchev–Trinajstić information content (AvgIpc) is 2.15. The lowest BCUT2D eigenvalue weighted by Gasteiger charge is -2.13. The Morgan fingerprint density at radius 1 is 1.31 bits per heavy atom. The fourth-order valence-corrected chi connectivity index (χ4v) is 1.23. The van der Waals surface area contributed by atoms with Crippen molar-refractivity contribution in [2.24, 2.45) is 5.73 Å². The van der Waals surface area contributed by atoms with Crippen molar-refractivity contribution in [3.8, 4) is 0 Å². The molecule has 0 aliphatic rings. The summed E-state index contributed by atoms with van der Waals surface area (Å²) in [6.45, 7) is 1.75. The maximum absolute atomic E-state index is 12.9. The largest absolute Gasteiger partial charge is 0.419 e. The van der Waals surface area contributed by atoms with Crippen LogP contribution in [0.25, 0.3) is 0 Å². The van der Waals surface area contributed by atoms with E-state index in [0.717, 1.165) is 12.1 Å². The van der Waals surface area contributed by atoms with Crippen molar-refractivity contribution in [1.82, 2.24) is 0 Å². The standard InChI is InChI=1S/C10H11F4N.ClH/c1-2-9(15)6-3-4-8(11)7(5-6)10(12,13)14;/h3-5,9H,2,15H2,1H3;1H/t9-;/m1./s1. The Morgan fingerprint density at radius 3 is 2.31 bits per heavy atom. The smallest absolute Gasteiger partial charge is 0.324 e. The molecule has 0 spiro atoms. The van der Waals surface area contributed by atoms with Gasteiger partial charge in [-0.1, -0.05) is 13.0 Å². The van der Waals surface area contributed by atoms with Gasteiger partial charge < -0.3 is 5.73 Å². The SMILES string of the molecule is CC[C@@H](N)c1ccc(F)c(C(F)(F)F)c1.Cl. The molecule has 0 amide bonds. The molecule has 1 aromatic rings. The molecule has 1 rings (SSSR count). The fourth-order valence-electron chi connectivity index (χ4n) is 1.23. The van der Waals surface area contributed by atoms with Crippen LogP contribution in [0, 0.1) is 5.82 Å². The Bertz CT molecular complexity index is 351. The number of hydrogen-bond acceptors (Lipinski definition) is 1. The van der Waals surface area contributed by atoms with Gasteiger partial charge in [0.05, 0.1) is 5.56 Å². The van der Waals surface area contributed by atoms with Crippen molar-refractivity contribution in [2.45, 2.75) is 25.6 Å². The topological polar surface area (TPSA) is 26.0 Å². The molecule has 0 saturated heterocycles. The van der Waals surface area contributed by atoms with Crippen LogP contribution in [0.3, 0.4) is 0 Å². The lowest BCUT2D eigenvalue weighted by molar-refractivity contribution is -0.140. The minimum atomic E-state index is -4.67. The van der Waals surface area contributed by atoms with Crippen LogP contribution in [-0.2, 0) is 6.18 Å². The maximum Gasteiger partial charge on any atom is 0.419 e. The predicted octanol–water partition coefficient (Wildman–Crippen LogP) is 3.68. The van der Waals surface area contributed by atoms with Crippen LogP contribution in [-0.4, -0.2) is 0 Å². The van der Waals surface area contributed by atoms with Crippen LogP contribution < -0.4 is 5.73 Å². The zero-order valence-electron chi connectivity index (χ0n) is 8.51. The molecule has 0 aliphatic heterocycles. The molecule has 92 valence electrons. The van der Waals surface area contributed by atoms with Crippen molar-refractivity contribution in [2.75, 3.05) is 0 Å². The second-order valence-electron chi connectivity index (χ2n) is 3.25. The van der Waals surface area contributed by atoms with Crippen molar-refractivity contribution in [3.63, 3.8) is 0 Å². The molecule has 0 bridgehead atoms. The second-order valence-corrected chi connectivity index (χ2v) is 3.25. The van der Waals surface area contributed by atoms with Crippen LogP contribution in [0.5, 0.6) is 0 Å². The Kier molecular flexibility index (Phi) is 5.22. The van der Waals surface area contributed by atoms with Crippen molar-refractivity contribution >= 4 is 12.4 Å². The summed E-state index contributed by atoms with van der Waals surface area (Å²) in [5.74, 6) is -1.27. The summed E-state index contributed by atoms with van der Waals surface area (Å²) in [5, 5.41) is 0. The van der Waals surface area contributed by atoms with Gasteiger partial charge in [0.2, 0.25) is 0 Å². The summed E-state index contributed by atoms with van der Waals surface area (Å²) in [7, 11) is 0. The highest BCUT2D eigenvalue weighted by Crippen LogP contribution is 2.32. The third-order valence-corrected chi connectivity index (χ3v) is 2.16. The van der Waals surface area contributed by atoms with Gasteiger partial charge in [0.15, 0.2) is 0 Å². The average molecular weight is 258 g/mol. The third kappa shape index (κ3) is 3.35. The molecule has 0 radical (unpaired) electrons. The molecule has 6 heteroatoms. The first-order chi connectivity index (χ1) is 6.86. The zero-order valence-corrected chi connectivity index (χ0v) is 9.33. The molecular formula is C10H12ClF4N. The van der Waals surface area contributed by atoms with E-state index in [0.29, 0.717) is 12.0 Å². The van der Waals surface area contributed by atoms with Crippen LogP contribution in [0.2, 0.25) is 0 Å². The number of hydrogen-bond donors (Lipinski definition) is 1. The molecule has 0 aromatic heterocycles. The Labute approximate surface area is 97.0 Å². The number of nitrogens with two attached hydrogens (primary N) is 1. The Balaban J connectivity index is 0.00000225. The molecule has 0 heterocycles. The Hall–Kier alpha value is -0.810. The lowest BCUT2D eigenvalue weighted by atomic mass is 10.0. The van der Waals surface area contributed by atoms with E-state index in [4.69, 9.17) is 5.73 Å². The molecular weight excluding hydrogens is 246 g/mol. The monoisotopic (exact) mass is 257 g/mol. The first kappa shape index (κ1) is 15.2. The summed E-state index contributed by atoms with van der Waals surface area (Å²) in [6, 6.07) is 2.35. The maximum atomic E-state index is 12.9. The second kappa shape index (κ2) is 5.50. The molecule has 0 saturated carbocycles. The van der Waals surface area contributed by atoms with Crippen molar-refractivity contribution in [1.29, 1.82) is 0 Å². The van der Waals surface area contributed by atoms with Crippen molar-refractivity contribution in [3.05, 3.63) is 35.1 Å². The highest BCUT2D eigenvalue weighted by atomic mass is 35.5. The molecule has 0 unspecified atom stereocenters. The molecule has 0 aliphatic carbocycles. The molecule has 1 aromatic carbocycles. The van der Waals surface area contributed by atoms with E-state index in [9.17, 15) is 17.6 Å². The molecule has 1 atom stereocenters. The normalized spacial score (nSPS) is 13.1. The summed E-state index contributed by atoms with van der Waals surface area (Å²) < 4.78 is 49.8.